The molecule has 1 N–H and O–H groups in total. The predicted octanol–water partition coefficient (Wildman–Crippen LogP) is 2.84. The van der Waals surface area contributed by atoms with Crippen LogP contribution < -0.4 is 5.32 Å². The quantitative estimate of drug-likeness (QED) is 0.632. The van der Waals surface area contributed by atoms with Crippen LogP contribution >= 0.6 is 0 Å². The van der Waals surface area contributed by atoms with E-state index < -0.39 is 23.7 Å². The van der Waals surface area contributed by atoms with Gasteiger partial charge in [0, 0.05) is 17.6 Å². The summed E-state index contributed by atoms with van der Waals surface area (Å²) in [4.78, 5) is 27.2. The van der Waals surface area contributed by atoms with E-state index in [0.29, 0.717) is 5.69 Å². The summed E-state index contributed by atoms with van der Waals surface area (Å²) in [5.74, 6) is -1.82. The van der Waals surface area contributed by atoms with Gasteiger partial charge in [0.05, 0.1) is 37.9 Å². The zero-order valence-electron chi connectivity index (χ0n) is 14.6. The molecule has 0 radical (unpaired) electrons. The van der Waals surface area contributed by atoms with Gasteiger partial charge >= 0.3 is 18.1 Å². The van der Waals surface area contributed by atoms with Crippen LogP contribution in [0.15, 0.2) is 42.5 Å². The van der Waals surface area contributed by atoms with Gasteiger partial charge in [-0.05, 0) is 25.1 Å². The van der Waals surface area contributed by atoms with Crippen LogP contribution in [0.5, 0.6) is 0 Å². The molecular weight excluding hydrogens is 367 g/mol. The Morgan fingerprint density at radius 2 is 1.89 bits per heavy atom. The summed E-state index contributed by atoms with van der Waals surface area (Å²) in [6.45, 7) is 1.69. The number of alkyl halides is 3. The second-order valence-corrected chi connectivity index (χ2v) is 5.39. The Kier molecular flexibility index (Phi) is 5.88. The van der Waals surface area contributed by atoms with Crippen molar-refractivity contribution in [3.63, 3.8) is 0 Å². The Balaban J connectivity index is 2.52. The standard InChI is InChI=1S/C17H16F3N3O4/c1-10-8-23(9-21-10)13-5-11(17(18,19)20)4-12(6-13)22-14(16(25)27-3)7-15(24)26-2/h4-9,22H,1-3H3/b14-7+. The minimum Gasteiger partial charge on any atom is -0.466 e. The van der Waals surface area contributed by atoms with Crippen molar-refractivity contribution in [2.24, 2.45) is 0 Å². The molecule has 1 heterocycles. The maximum Gasteiger partial charge on any atom is 0.416 e. The highest BCUT2D eigenvalue weighted by atomic mass is 19.4. The summed E-state index contributed by atoms with van der Waals surface area (Å²) in [5, 5.41) is 2.48. The van der Waals surface area contributed by atoms with Crippen molar-refractivity contribution in [2.75, 3.05) is 19.5 Å². The third kappa shape index (κ3) is 5.09. The third-order valence-electron chi connectivity index (χ3n) is 3.40. The summed E-state index contributed by atoms with van der Waals surface area (Å²) >= 11 is 0. The Bertz CT molecular complexity index is 888. The number of rotatable bonds is 5. The molecule has 0 aliphatic rings. The first kappa shape index (κ1) is 20.0. The molecule has 10 heteroatoms. The van der Waals surface area contributed by atoms with Crippen LogP contribution in [-0.2, 0) is 25.2 Å². The van der Waals surface area contributed by atoms with Crippen LogP contribution in [-0.4, -0.2) is 35.7 Å². The van der Waals surface area contributed by atoms with Crippen LogP contribution in [0.1, 0.15) is 11.3 Å². The predicted molar refractivity (Wildman–Crippen MR) is 89.0 cm³/mol. The number of aryl methyl sites for hydroxylation is 1. The molecule has 2 rings (SSSR count). The largest absolute Gasteiger partial charge is 0.466 e. The number of halogens is 3. The van der Waals surface area contributed by atoms with E-state index in [9.17, 15) is 22.8 Å². The molecule has 0 aliphatic carbocycles. The zero-order valence-corrected chi connectivity index (χ0v) is 14.6. The van der Waals surface area contributed by atoms with E-state index >= 15 is 0 Å². The Labute approximate surface area is 152 Å². The summed E-state index contributed by atoms with van der Waals surface area (Å²) in [6.07, 6.45) is -0.933. The van der Waals surface area contributed by atoms with E-state index in [4.69, 9.17) is 0 Å². The van der Waals surface area contributed by atoms with Gasteiger partial charge in [-0.2, -0.15) is 13.2 Å². The van der Waals surface area contributed by atoms with E-state index in [1.165, 1.54) is 17.0 Å². The number of nitrogens with one attached hydrogen (secondary N) is 1. The lowest BCUT2D eigenvalue weighted by molar-refractivity contribution is -0.138. The summed E-state index contributed by atoms with van der Waals surface area (Å²) in [7, 11) is 2.17. The highest BCUT2D eigenvalue weighted by molar-refractivity contribution is 5.98. The van der Waals surface area contributed by atoms with Crippen molar-refractivity contribution >= 4 is 17.6 Å². The van der Waals surface area contributed by atoms with Gasteiger partial charge in [0.2, 0.25) is 0 Å². The number of esters is 2. The molecule has 0 aliphatic heterocycles. The number of nitrogens with zero attached hydrogens (tertiary/aromatic N) is 2. The maximum absolute atomic E-state index is 13.3. The number of benzene rings is 1. The number of methoxy groups -OCH3 is 2. The van der Waals surface area contributed by atoms with E-state index in [1.807, 2.05) is 0 Å². The van der Waals surface area contributed by atoms with Crippen molar-refractivity contribution in [1.82, 2.24) is 9.55 Å². The minimum absolute atomic E-state index is 0.0771. The number of carbonyl (C=O) groups excluding carboxylic acids is 2. The van der Waals surface area contributed by atoms with E-state index in [1.54, 1.807) is 13.1 Å². The molecule has 0 atom stereocenters. The Morgan fingerprint density at radius 1 is 1.19 bits per heavy atom. The van der Waals surface area contributed by atoms with Gasteiger partial charge in [0.1, 0.15) is 5.70 Å². The molecule has 0 bridgehead atoms. The van der Waals surface area contributed by atoms with Gasteiger partial charge in [-0.25, -0.2) is 14.6 Å². The van der Waals surface area contributed by atoms with Crippen LogP contribution in [0, 0.1) is 6.92 Å². The smallest absolute Gasteiger partial charge is 0.416 e. The normalized spacial score (nSPS) is 11.9. The molecule has 1 aromatic heterocycles. The van der Waals surface area contributed by atoms with Crippen molar-refractivity contribution in [3.05, 3.63) is 53.8 Å². The average molecular weight is 383 g/mol. The molecule has 1 aromatic carbocycles. The Morgan fingerprint density at radius 3 is 2.41 bits per heavy atom. The van der Waals surface area contributed by atoms with Gasteiger partial charge in [0.15, 0.2) is 0 Å². The number of aromatic nitrogens is 2. The summed E-state index contributed by atoms with van der Waals surface area (Å²) < 4.78 is 50.2. The average Bonchev–Trinajstić information content (AvgIpc) is 3.05. The highest BCUT2D eigenvalue weighted by Gasteiger charge is 2.31. The second-order valence-electron chi connectivity index (χ2n) is 5.39. The van der Waals surface area contributed by atoms with Crippen molar-refractivity contribution in [3.8, 4) is 5.69 Å². The molecule has 0 saturated heterocycles. The molecular formula is C17H16F3N3O4. The molecule has 7 nitrogen and oxygen atoms in total. The number of imidazole rings is 1. The molecule has 0 amide bonds. The summed E-state index contributed by atoms with van der Waals surface area (Å²) in [5.41, 5.74) is -0.628. The maximum atomic E-state index is 13.3. The van der Waals surface area contributed by atoms with Gasteiger partial charge < -0.3 is 19.4 Å². The van der Waals surface area contributed by atoms with Crippen molar-refractivity contribution in [1.29, 1.82) is 0 Å². The first-order chi connectivity index (χ1) is 12.6. The first-order valence-electron chi connectivity index (χ1n) is 7.52. The molecule has 0 fully saturated rings. The van der Waals surface area contributed by atoms with Gasteiger partial charge in [-0.15, -0.1) is 0 Å². The van der Waals surface area contributed by atoms with Crippen LogP contribution in [0.4, 0.5) is 18.9 Å². The number of carbonyl (C=O) groups is 2. The molecule has 144 valence electrons. The van der Waals surface area contributed by atoms with Crippen molar-refractivity contribution in [2.45, 2.75) is 13.1 Å². The number of hydrogen-bond donors (Lipinski definition) is 1. The molecule has 0 spiro atoms. The van der Waals surface area contributed by atoms with Crippen molar-refractivity contribution < 1.29 is 32.2 Å². The van der Waals surface area contributed by atoms with E-state index in [2.05, 4.69) is 19.8 Å². The molecule has 27 heavy (non-hydrogen) atoms. The third-order valence-corrected chi connectivity index (χ3v) is 3.40. The van der Waals surface area contributed by atoms with Crippen LogP contribution in [0.2, 0.25) is 0 Å². The molecule has 2 aromatic rings. The van der Waals surface area contributed by atoms with E-state index in [0.717, 1.165) is 32.4 Å². The lowest BCUT2D eigenvalue weighted by atomic mass is 10.1. The topological polar surface area (TPSA) is 82.5 Å². The van der Waals surface area contributed by atoms with Gasteiger partial charge in [-0.3, -0.25) is 0 Å². The molecule has 0 saturated carbocycles. The molecule has 0 unspecified atom stereocenters. The lowest BCUT2D eigenvalue weighted by Crippen LogP contribution is -2.16. The highest BCUT2D eigenvalue weighted by Crippen LogP contribution is 2.33. The minimum atomic E-state index is -4.63. The van der Waals surface area contributed by atoms with Crippen LogP contribution in [0.25, 0.3) is 5.69 Å². The first-order valence-corrected chi connectivity index (χ1v) is 7.52. The second kappa shape index (κ2) is 7.94. The van der Waals surface area contributed by atoms with Crippen LogP contribution in [0.3, 0.4) is 0 Å². The fraction of sp³-hybridized carbons (Fsp3) is 0.235. The number of hydrogen-bond acceptors (Lipinski definition) is 6. The monoisotopic (exact) mass is 383 g/mol. The SMILES string of the molecule is COC(=O)/C=C(/Nc1cc(-n2cnc(C)c2)cc(C(F)(F)F)c1)C(=O)OC. The fourth-order valence-electron chi connectivity index (χ4n) is 2.15. The number of ether oxygens (including phenoxy) is 2. The summed E-state index contributed by atoms with van der Waals surface area (Å²) in [6, 6.07) is 3.11. The number of anilines is 1. The Hall–Kier alpha value is -3.30. The van der Waals surface area contributed by atoms with Gasteiger partial charge in [0.25, 0.3) is 0 Å². The fourth-order valence-corrected chi connectivity index (χ4v) is 2.15. The van der Waals surface area contributed by atoms with E-state index in [-0.39, 0.29) is 17.1 Å². The van der Waals surface area contributed by atoms with Gasteiger partial charge in [-0.1, -0.05) is 0 Å². The zero-order chi connectivity index (χ0) is 20.2. The lowest BCUT2D eigenvalue weighted by Gasteiger charge is -2.15.